The molecule has 1 saturated heterocycles. The highest BCUT2D eigenvalue weighted by molar-refractivity contribution is 6.30. The van der Waals surface area contributed by atoms with Gasteiger partial charge in [-0.15, -0.1) is 0 Å². The number of hydrogen-bond acceptors (Lipinski definition) is 3. The van der Waals surface area contributed by atoms with Gasteiger partial charge in [0.15, 0.2) is 0 Å². The summed E-state index contributed by atoms with van der Waals surface area (Å²) in [5.41, 5.74) is 5.19. The molecule has 2 aromatic carbocycles. The van der Waals surface area contributed by atoms with E-state index in [1.807, 2.05) is 12.1 Å². The fraction of sp³-hybridized carbons (Fsp3) is 0.400. The van der Waals surface area contributed by atoms with Crippen LogP contribution in [0, 0.1) is 0 Å². The smallest absolute Gasteiger partial charge is 0.133 e. The zero-order chi connectivity index (χ0) is 20.3. The van der Waals surface area contributed by atoms with Crippen LogP contribution in [0.2, 0.25) is 5.02 Å². The molecule has 0 radical (unpaired) electrons. The van der Waals surface area contributed by atoms with Gasteiger partial charge in [-0.3, -0.25) is 4.90 Å². The van der Waals surface area contributed by atoms with Crippen molar-refractivity contribution >= 4 is 17.4 Å². The van der Waals surface area contributed by atoms with Crippen LogP contribution in [0.3, 0.4) is 0 Å². The first-order chi connectivity index (χ1) is 14.8. The molecule has 30 heavy (non-hydrogen) atoms. The van der Waals surface area contributed by atoms with Crippen LogP contribution in [-0.4, -0.2) is 34.3 Å². The van der Waals surface area contributed by atoms with Crippen LogP contribution in [0.25, 0.3) is 5.69 Å². The van der Waals surface area contributed by atoms with Gasteiger partial charge in [0.05, 0.1) is 11.4 Å². The van der Waals surface area contributed by atoms with Gasteiger partial charge in [-0.2, -0.15) is 5.10 Å². The van der Waals surface area contributed by atoms with Crippen LogP contribution in [0.15, 0.2) is 54.6 Å². The van der Waals surface area contributed by atoms with E-state index in [4.69, 9.17) is 16.7 Å². The number of hydrogen-bond donors (Lipinski definition) is 1. The molecule has 156 valence electrons. The minimum Gasteiger partial charge on any atom is -0.370 e. The molecule has 3 heterocycles. The second-order valence-electron chi connectivity index (χ2n) is 8.54. The Labute approximate surface area is 183 Å². The third-order valence-electron chi connectivity index (χ3n) is 6.37. The van der Waals surface area contributed by atoms with Gasteiger partial charge in [0, 0.05) is 36.1 Å². The highest BCUT2D eigenvalue weighted by atomic mass is 35.5. The van der Waals surface area contributed by atoms with E-state index < -0.39 is 0 Å². The fourth-order valence-corrected chi connectivity index (χ4v) is 5.02. The quantitative estimate of drug-likeness (QED) is 0.591. The average Bonchev–Trinajstić information content (AvgIpc) is 2.96. The molecule has 2 aliphatic heterocycles. The Morgan fingerprint density at radius 2 is 1.83 bits per heavy atom. The Bertz CT molecular complexity index is 980. The number of anilines is 1. The first-order valence-electron chi connectivity index (χ1n) is 11.2. The summed E-state index contributed by atoms with van der Waals surface area (Å²) in [6.45, 7) is 4.29. The number of piperidine rings is 1. The van der Waals surface area contributed by atoms with E-state index >= 15 is 0 Å². The summed E-state index contributed by atoms with van der Waals surface area (Å²) in [5.74, 6) is 1.68. The zero-order valence-electron chi connectivity index (χ0n) is 17.4. The van der Waals surface area contributed by atoms with Gasteiger partial charge in [-0.05, 0) is 68.5 Å². The average molecular weight is 421 g/mol. The molecule has 2 aliphatic rings. The highest BCUT2D eigenvalue weighted by Crippen LogP contribution is 2.36. The summed E-state index contributed by atoms with van der Waals surface area (Å²) in [6, 6.07) is 18.8. The topological polar surface area (TPSA) is 33.1 Å². The lowest BCUT2D eigenvalue weighted by Gasteiger charge is -2.32. The van der Waals surface area contributed by atoms with Crippen LogP contribution in [0.4, 0.5) is 5.82 Å². The normalized spacial score (nSPS) is 19.7. The predicted molar refractivity (Wildman–Crippen MR) is 124 cm³/mol. The highest BCUT2D eigenvalue weighted by Gasteiger charge is 2.29. The zero-order valence-corrected chi connectivity index (χ0v) is 18.1. The Morgan fingerprint density at radius 3 is 2.67 bits per heavy atom. The summed E-state index contributed by atoms with van der Waals surface area (Å²) in [5, 5.41) is 9.61. The first kappa shape index (κ1) is 19.7. The van der Waals surface area contributed by atoms with E-state index in [1.54, 1.807) is 0 Å². The summed E-state index contributed by atoms with van der Waals surface area (Å²) >= 11 is 6.13. The van der Waals surface area contributed by atoms with Crippen LogP contribution < -0.4 is 5.32 Å². The molecule has 1 atom stereocenters. The molecular formula is C25H29ClN4. The van der Waals surface area contributed by atoms with Crippen LogP contribution >= 0.6 is 11.6 Å². The maximum Gasteiger partial charge on any atom is 0.133 e. The van der Waals surface area contributed by atoms with Crippen molar-refractivity contribution in [3.8, 4) is 5.69 Å². The lowest BCUT2D eigenvalue weighted by molar-refractivity contribution is 0.198. The predicted octanol–water partition coefficient (Wildman–Crippen LogP) is 5.65. The van der Waals surface area contributed by atoms with E-state index in [-0.39, 0.29) is 0 Å². The molecule has 0 aliphatic carbocycles. The Morgan fingerprint density at radius 1 is 1.00 bits per heavy atom. The molecule has 0 amide bonds. The molecule has 1 N–H and O–H groups in total. The number of likely N-dealkylation sites (tertiary alicyclic amines) is 1. The van der Waals surface area contributed by atoms with Gasteiger partial charge in [-0.25, -0.2) is 4.68 Å². The number of nitrogens with one attached hydrogen (secondary N) is 1. The Hall–Kier alpha value is -2.30. The monoisotopic (exact) mass is 420 g/mol. The summed E-state index contributed by atoms with van der Waals surface area (Å²) in [4.78, 5) is 2.60. The van der Waals surface area contributed by atoms with Crippen molar-refractivity contribution < 1.29 is 0 Å². The second kappa shape index (κ2) is 8.83. The molecule has 1 fully saturated rings. The van der Waals surface area contributed by atoms with E-state index in [0.717, 1.165) is 36.8 Å². The fourth-order valence-electron chi connectivity index (χ4n) is 4.89. The number of halogens is 1. The van der Waals surface area contributed by atoms with Crippen molar-refractivity contribution in [2.45, 2.75) is 44.6 Å². The van der Waals surface area contributed by atoms with Crippen LogP contribution in [0.5, 0.6) is 0 Å². The minimum absolute atomic E-state index is 0.490. The van der Waals surface area contributed by atoms with E-state index in [2.05, 4.69) is 57.4 Å². The van der Waals surface area contributed by atoms with Gasteiger partial charge in [0.25, 0.3) is 0 Å². The number of aromatic nitrogens is 2. The van der Waals surface area contributed by atoms with Gasteiger partial charge in [0.1, 0.15) is 5.82 Å². The van der Waals surface area contributed by atoms with Gasteiger partial charge in [0.2, 0.25) is 0 Å². The lowest BCUT2D eigenvalue weighted by Crippen LogP contribution is -2.34. The molecule has 3 aromatic rings. The van der Waals surface area contributed by atoms with E-state index in [9.17, 15) is 0 Å². The molecule has 0 bridgehead atoms. The molecule has 0 spiro atoms. The minimum atomic E-state index is 0.490. The third kappa shape index (κ3) is 4.12. The number of fused-ring (bicyclic) bond motifs is 1. The van der Waals surface area contributed by atoms with Gasteiger partial charge in [-0.1, -0.05) is 41.9 Å². The molecule has 4 nitrogen and oxygen atoms in total. The number of nitrogens with zero attached hydrogens (tertiary/aromatic N) is 3. The van der Waals surface area contributed by atoms with Crippen molar-refractivity contribution in [3.63, 3.8) is 0 Å². The Balaban J connectivity index is 1.45. The van der Waals surface area contributed by atoms with Crippen LogP contribution in [-0.2, 0) is 13.0 Å². The maximum atomic E-state index is 6.13. The van der Waals surface area contributed by atoms with Gasteiger partial charge < -0.3 is 5.32 Å². The van der Waals surface area contributed by atoms with Crippen molar-refractivity contribution in [1.29, 1.82) is 0 Å². The molecular weight excluding hydrogens is 392 g/mol. The Kier molecular flexibility index (Phi) is 5.78. The van der Waals surface area contributed by atoms with Crippen molar-refractivity contribution in [1.82, 2.24) is 14.7 Å². The maximum absolute atomic E-state index is 6.13. The first-order valence-corrected chi connectivity index (χ1v) is 11.5. The van der Waals surface area contributed by atoms with Crippen molar-refractivity contribution in [2.24, 2.45) is 0 Å². The number of rotatable bonds is 4. The van der Waals surface area contributed by atoms with Crippen molar-refractivity contribution in [3.05, 3.63) is 76.4 Å². The molecule has 1 unspecified atom stereocenters. The summed E-state index contributed by atoms with van der Waals surface area (Å²) in [7, 11) is 0. The standard InChI is InChI=1S/C25H29ClN4/c26-21-11-13-22(14-12-21)30-25-23(10-4-5-15-27-25)24(28-30)20-9-6-16-29(18-20)17-19-7-2-1-3-8-19/h1-3,7-8,11-14,20,27H,4-6,9-10,15-18H2. The van der Waals surface area contributed by atoms with Crippen LogP contribution in [0.1, 0.15) is 48.4 Å². The molecule has 0 saturated carbocycles. The third-order valence-corrected chi connectivity index (χ3v) is 6.62. The number of benzene rings is 2. The van der Waals surface area contributed by atoms with E-state index in [0.29, 0.717) is 5.92 Å². The SMILES string of the molecule is Clc1ccc(-n2nc(C3CCCN(Cc4ccccc4)C3)c3c2NCCCC3)cc1. The molecule has 5 heteroatoms. The lowest BCUT2D eigenvalue weighted by atomic mass is 9.91. The van der Waals surface area contributed by atoms with Gasteiger partial charge >= 0.3 is 0 Å². The molecule has 1 aromatic heterocycles. The summed E-state index contributed by atoms with van der Waals surface area (Å²) < 4.78 is 2.11. The second-order valence-corrected chi connectivity index (χ2v) is 8.98. The summed E-state index contributed by atoms with van der Waals surface area (Å²) in [6.07, 6.45) is 5.99. The van der Waals surface area contributed by atoms with E-state index in [1.165, 1.54) is 54.9 Å². The molecule has 5 rings (SSSR count). The largest absolute Gasteiger partial charge is 0.370 e. The van der Waals surface area contributed by atoms with Crippen molar-refractivity contribution in [2.75, 3.05) is 25.0 Å².